The molecule has 114 valence electrons. The number of hydrogen-bond acceptors (Lipinski definition) is 3. The Labute approximate surface area is 124 Å². The zero-order chi connectivity index (χ0) is 15.4. The molecule has 2 atom stereocenters. The van der Waals surface area contributed by atoms with Gasteiger partial charge in [-0.2, -0.15) is 0 Å². The Hall–Kier alpha value is -1.88. The van der Waals surface area contributed by atoms with Crippen molar-refractivity contribution in [2.24, 2.45) is 5.92 Å². The van der Waals surface area contributed by atoms with Gasteiger partial charge in [0.15, 0.2) is 0 Å². The fourth-order valence-corrected chi connectivity index (χ4v) is 2.70. The van der Waals surface area contributed by atoms with Gasteiger partial charge in [-0.25, -0.2) is 4.79 Å². The smallest absolute Gasteiger partial charge is 0.326 e. The van der Waals surface area contributed by atoms with Gasteiger partial charge >= 0.3 is 5.97 Å². The highest BCUT2D eigenvalue weighted by molar-refractivity contribution is 5.88. The minimum absolute atomic E-state index is 0.211. The first-order valence-corrected chi connectivity index (χ1v) is 7.30. The number of rotatable bonds is 5. The summed E-state index contributed by atoms with van der Waals surface area (Å²) in [6.45, 7) is 5.17. The molecule has 0 aliphatic carbocycles. The number of nitrogens with one attached hydrogen (secondary N) is 2. The van der Waals surface area contributed by atoms with E-state index < -0.39 is 12.0 Å². The van der Waals surface area contributed by atoms with Crippen LogP contribution in [0.1, 0.15) is 37.3 Å². The van der Waals surface area contributed by atoms with Gasteiger partial charge < -0.3 is 15.7 Å². The molecule has 1 aromatic carbocycles. The quantitative estimate of drug-likeness (QED) is 0.767. The number of aliphatic carboxylic acids is 1. The summed E-state index contributed by atoms with van der Waals surface area (Å²) in [7, 11) is 0. The summed E-state index contributed by atoms with van der Waals surface area (Å²) >= 11 is 0. The maximum absolute atomic E-state index is 12.4. The Balaban J connectivity index is 2.12. The van der Waals surface area contributed by atoms with E-state index in [1.165, 1.54) is 0 Å². The Bertz CT molecular complexity index is 528. The van der Waals surface area contributed by atoms with Gasteiger partial charge in [0.25, 0.3) is 0 Å². The molecule has 0 spiro atoms. The molecule has 0 saturated heterocycles. The molecule has 1 aliphatic rings. The Morgan fingerprint density at radius 1 is 1.38 bits per heavy atom. The fraction of sp³-hybridized carbons (Fsp3) is 0.500. The van der Waals surface area contributed by atoms with Crippen LogP contribution in [-0.4, -0.2) is 29.6 Å². The molecular formula is C16H22N2O3. The van der Waals surface area contributed by atoms with Crippen LogP contribution in [-0.2, 0) is 16.1 Å². The van der Waals surface area contributed by atoms with Gasteiger partial charge in [-0.3, -0.25) is 4.79 Å². The molecule has 0 fully saturated rings. The van der Waals surface area contributed by atoms with Crippen LogP contribution >= 0.6 is 0 Å². The van der Waals surface area contributed by atoms with Crippen molar-refractivity contribution < 1.29 is 14.7 Å². The van der Waals surface area contributed by atoms with E-state index in [1.54, 1.807) is 0 Å². The Morgan fingerprint density at radius 3 is 2.76 bits per heavy atom. The number of benzene rings is 1. The maximum atomic E-state index is 12.4. The van der Waals surface area contributed by atoms with E-state index in [1.807, 2.05) is 38.1 Å². The highest BCUT2D eigenvalue weighted by Gasteiger charge is 2.29. The van der Waals surface area contributed by atoms with Crippen LogP contribution < -0.4 is 10.6 Å². The molecule has 2 unspecified atom stereocenters. The van der Waals surface area contributed by atoms with E-state index in [0.717, 1.165) is 17.7 Å². The number of carbonyl (C=O) groups excluding carboxylic acids is 1. The number of fused-ring (bicyclic) bond motifs is 1. The lowest BCUT2D eigenvalue weighted by molar-refractivity contribution is -0.142. The van der Waals surface area contributed by atoms with Gasteiger partial charge in [0.2, 0.25) is 5.91 Å². The topological polar surface area (TPSA) is 78.4 Å². The highest BCUT2D eigenvalue weighted by atomic mass is 16.4. The van der Waals surface area contributed by atoms with Gasteiger partial charge in [-0.15, -0.1) is 0 Å². The molecule has 1 aliphatic heterocycles. The van der Waals surface area contributed by atoms with Gasteiger partial charge in [0.05, 0.1) is 5.92 Å². The molecule has 5 nitrogen and oxygen atoms in total. The second kappa shape index (κ2) is 6.72. The second-order valence-corrected chi connectivity index (χ2v) is 5.91. The molecule has 1 amide bonds. The zero-order valence-corrected chi connectivity index (χ0v) is 12.4. The normalized spacial score (nSPS) is 18.9. The van der Waals surface area contributed by atoms with E-state index in [0.29, 0.717) is 13.0 Å². The average Bonchev–Trinajstić information content (AvgIpc) is 2.45. The van der Waals surface area contributed by atoms with Crippen LogP contribution in [0.25, 0.3) is 0 Å². The Morgan fingerprint density at radius 2 is 2.10 bits per heavy atom. The first kappa shape index (κ1) is 15.5. The number of amides is 1. The predicted molar refractivity (Wildman–Crippen MR) is 79.9 cm³/mol. The first-order valence-electron chi connectivity index (χ1n) is 7.30. The van der Waals surface area contributed by atoms with Gasteiger partial charge in [0.1, 0.15) is 6.04 Å². The number of hydrogen-bond donors (Lipinski definition) is 3. The van der Waals surface area contributed by atoms with Crippen molar-refractivity contribution in [1.29, 1.82) is 0 Å². The van der Waals surface area contributed by atoms with Crippen molar-refractivity contribution in [2.45, 2.75) is 38.8 Å². The third-order valence-corrected chi connectivity index (χ3v) is 3.73. The van der Waals surface area contributed by atoms with E-state index >= 15 is 0 Å². The van der Waals surface area contributed by atoms with Crippen LogP contribution in [0.4, 0.5) is 0 Å². The lowest BCUT2D eigenvalue weighted by Crippen LogP contribution is -2.46. The third-order valence-electron chi connectivity index (χ3n) is 3.73. The van der Waals surface area contributed by atoms with Crippen LogP contribution in [0, 0.1) is 5.92 Å². The highest BCUT2D eigenvalue weighted by Crippen LogP contribution is 2.24. The maximum Gasteiger partial charge on any atom is 0.326 e. The van der Waals surface area contributed by atoms with Crippen molar-refractivity contribution in [3.05, 3.63) is 35.4 Å². The molecule has 2 rings (SSSR count). The van der Waals surface area contributed by atoms with E-state index in [2.05, 4.69) is 10.6 Å². The minimum Gasteiger partial charge on any atom is -0.480 e. The largest absolute Gasteiger partial charge is 0.480 e. The molecule has 1 heterocycles. The number of carboxylic acids is 1. The van der Waals surface area contributed by atoms with Crippen molar-refractivity contribution in [3.8, 4) is 0 Å². The van der Waals surface area contributed by atoms with E-state index in [-0.39, 0.29) is 17.7 Å². The summed E-state index contributed by atoms with van der Waals surface area (Å²) in [5.74, 6) is -1.32. The molecule has 21 heavy (non-hydrogen) atoms. The monoisotopic (exact) mass is 290 g/mol. The van der Waals surface area contributed by atoms with Crippen LogP contribution in [0.5, 0.6) is 0 Å². The summed E-state index contributed by atoms with van der Waals surface area (Å²) < 4.78 is 0. The second-order valence-electron chi connectivity index (χ2n) is 5.91. The SMILES string of the molecule is CC(C)CC(NC(=O)C1CNCc2ccccc21)C(=O)O. The van der Waals surface area contributed by atoms with Crippen molar-refractivity contribution in [2.75, 3.05) is 6.54 Å². The summed E-state index contributed by atoms with van der Waals surface area (Å²) in [4.78, 5) is 23.7. The van der Waals surface area contributed by atoms with Crippen molar-refractivity contribution in [1.82, 2.24) is 10.6 Å². The van der Waals surface area contributed by atoms with Crippen LogP contribution in [0.15, 0.2) is 24.3 Å². The molecule has 1 aromatic rings. The van der Waals surface area contributed by atoms with Crippen LogP contribution in [0.3, 0.4) is 0 Å². The molecule has 0 radical (unpaired) electrons. The molecule has 0 bridgehead atoms. The summed E-state index contributed by atoms with van der Waals surface area (Å²) in [6, 6.07) is 6.96. The van der Waals surface area contributed by atoms with Crippen molar-refractivity contribution >= 4 is 11.9 Å². The van der Waals surface area contributed by atoms with E-state index in [4.69, 9.17) is 0 Å². The lowest BCUT2D eigenvalue weighted by atomic mass is 9.90. The fourth-order valence-electron chi connectivity index (χ4n) is 2.70. The number of carbonyl (C=O) groups is 2. The lowest BCUT2D eigenvalue weighted by Gasteiger charge is -2.27. The number of carboxylic acid groups (broad SMARTS) is 1. The molecule has 5 heteroatoms. The Kier molecular flexibility index (Phi) is 4.96. The average molecular weight is 290 g/mol. The van der Waals surface area contributed by atoms with Crippen LogP contribution in [0.2, 0.25) is 0 Å². The van der Waals surface area contributed by atoms with Gasteiger partial charge in [0, 0.05) is 13.1 Å². The molecule has 0 aromatic heterocycles. The summed E-state index contributed by atoms with van der Waals surface area (Å²) in [6.07, 6.45) is 0.433. The molecule has 3 N–H and O–H groups in total. The van der Waals surface area contributed by atoms with Crippen molar-refractivity contribution in [3.63, 3.8) is 0 Å². The summed E-state index contributed by atoms with van der Waals surface area (Å²) in [5, 5.41) is 15.1. The van der Waals surface area contributed by atoms with Gasteiger partial charge in [-0.05, 0) is 23.5 Å². The predicted octanol–water partition coefficient (Wildman–Crippen LogP) is 1.49. The van der Waals surface area contributed by atoms with E-state index in [9.17, 15) is 14.7 Å². The standard InChI is InChI=1S/C16H22N2O3/c1-10(2)7-14(16(20)21)18-15(19)13-9-17-8-11-5-3-4-6-12(11)13/h3-6,10,13-14,17H,7-9H2,1-2H3,(H,18,19)(H,20,21). The van der Waals surface area contributed by atoms with Gasteiger partial charge in [-0.1, -0.05) is 38.1 Å². The minimum atomic E-state index is -0.978. The zero-order valence-electron chi connectivity index (χ0n) is 12.4. The molecule has 0 saturated carbocycles. The third kappa shape index (κ3) is 3.82. The summed E-state index contributed by atoms with van der Waals surface area (Å²) in [5.41, 5.74) is 2.09. The molecular weight excluding hydrogens is 268 g/mol. The first-order chi connectivity index (χ1) is 9.99.